The minimum absolute atomic E-state index is 0.0471. The fraction of sp³-hybridized carbons (Fsp3) is 0.235. The van der Waals surface area contributed by atoms with Crippen LogP contribution >= 0.6 is 0 Å². The van der Waals surface area contributed by atoms with Crippen molar-refractivity contribution in [1.29, 1.82) is 0 Å². The molecule has 1 amide bonds. The van der Waals surface area contributed by atoms with Gasteiger partial charge in [-0.1, -0.05) is 18.2 Å². The van der Waals surface area contributed by atoms with Gasteiger partial charge in [-0.15, -0.1) is 0 Å². The van der Waals surface area contributed by atoms with Gasteiger partial charge in [-0.2, -0.15) is 13.2 Å². The van der Waals surface area contributed by atoms with E-state index in [1.54, 1.807) is 13.0 Å². The summed E-state index contributed by atoms with van der Waals surface area (Å²) in [4.78, 5) is 22.3. The Morgan fingerprint density at radius 1 is 1.19 bits per heavy atom. The molecule has 0 aromatic heterocycles. The Kier molecular flexibility index (Phi) is 6.22. The van der Waals surface area contributed by atoms with E-state index < -0.39 is 23.6 Å². The van der Waals surface area contributed by atoms with Gasteiger partial charge in [0.05, 0.1) is 22.8 Å². The maximum Gasteiger partial charge on any atom is 0.422 e. The van der Waals surface area contributed by atoms with E-state index in [1.807, 2.05) is 0 Å². The molecule has 0 fully saturated rings. The number of rotatable bonds is 7. The van der Waals surface area contributed by atoms with Crippen LogP contribution in [0.2, 0.25) is 0 Å². The highest BCUT2D eigenvalue weighted by Crippen LogP contribution is 2.26. The summed E-state index contributed by atoms with van der Waals surface area (Å²) in [5.41, 5.74) is 0.947. The van der Waals surface area contributed by atoms with Gasteiger partial charge in [0.2, 0.25) is 5.91 Å². The highest BCUT2D eigenvalue weighted by molar-refractivity contribution is 5.94. The highest BCUT2D eigenvalue weighted by Gasteiger charge is 2.28. The van der Waals surface area contributed by atoms with Crippen LogP contribution < -0.4 is 15.4 Å². The lowest BCUT2D eigenvalue weighted by atomic mass is 10.2. The molecule has 7 nitrogen and oxygen atoms in total. The molecule has 2 aromatic carbocycles. The first-order valence-electron chi connectivity index (χ1n) is 7.73. The Hall–Kier alpha value is -3.30. The molecule has 0 aliphatic heterocycles. The number of benzene rings is 2. The first-order chi connectivity index (χ1) is 12.7. The Bertz CT molecular complexity index is 840. The van der Waals surface area contributed by atoms with Crippen LogP contribution in [0.3, 0.4) is 0 Å². The smallest absolute Gasteiger partial charge is 0.422 e. The molecule has 0 saturated heterocycles. The normalized spacial score (nSPS) is 11.0. The Morgan fingerprint density at radius 3 is 2.56 bits per heavy atom. The summed E-state index contributed by atoms with van der Waals surface area (Å²) in [6.45, 7) is -0.0493. The van der Waals surface area contributed by atoms with Gasteiger partial charge in [0.1, 0.15) is 5.75 Å². The third-order valence-corrected chi connectivity index (χ3v) is 3.42. The van der Waals surface area contributed by atoms with Crippen LogP contribution in [0, 0.1) is 17.0 Å². The molecule has 0 atom stereocenters. The Labute approximate surface area is 152 Å². The number of nitrogens with one attached hydrogen (secondary N) is 2. The van der Waals surface area contributed by atoms with E-state index in [1.165, 1.54) is 36.4 Å². The molecule has 0 aliphatic rings. The molecule has 27 heavy (non-hydrogen) atoms. The van der Waals surface area contributed by atoms with Crippen molar-refractivity contribution in [2.45, 2.75) is 13.1 Å². The minimum atomic E-state index is -4.48. The first kappa shape index (κ1) is 20.0. The number of alkyl halides is 3. The Balaban J connectivity index is 2.00. The standard InChI is InChI=1S/C17H16F3N3O4/c1-11-6-7-12(23(25)26)8-14(11)22-16(24)9-21-13-4-2-3-5-15(13)27-10-17(18,19)20/h2-8,21H,9-10H2,1H3,(H,22,24). The molecule has 0 radical (unpaired) electrons. The predicted molar refractivity (Wildman–Crippen MR) is 92.9 cm³/mol. The number of para-hydroxylation sites is 2. The second kappa shape index (κ2) is 8.39. The molecule has 144 valence electrons. The fourth-order valence-corrected chi connectivity index (χ4v) is 2.13. The average molecular weight is 383 g/mol. The van der Waals surface area contributed by atoms with Crippen LogP contribution in [0.4, 0.5) is 30.2 Å². The quantitative estimate of drug-likeness (QED) is 0.559. The summed E-state index contributed by atoms with van der Waals surface area (Å²) >= 11 is 0. The van der Waals surface area contributed by atoms with Crippen molar-refractivity contribution in [1.82, 2.24) is 0 Å². The third kappa shape index (κ3) is 6.17. The molecule has 0 bridgehead atoms. The number of carbonyl (C=O) groups is 1. The number of anilines is 2. The number of aryl methyl sites for hydroxylation is 1. The lowest BCUT2D eigenvalue weighted by Gasteiger charge is -2.14. The van der Waals surface area contributed by atoms with Crippen LogP contribution in [-0.2, 0) is 4.79 Å². The van der Waals surface area contributed by atoms with E-state index in [-0.39, 0.29) is 29.4 Å². The zero-order valence-electron chi connectivity index (χ0n) is 14.2. The number of nitrogens with zero attached hydrogens (tertiary/aromatic N) is 1. The maximum absolute atomic E-state index is 12.3. The second-order valence-electron chi connectivity index (χ2n) is 5.56. The lowest BCUT2D eigenvalue weighted by Crippen LogP contribution is -2.23. The summed E-state index contributed by atoms with van der Waals surface area (Å²) < 4.78 is 41.6. The van der Waals surface area contributed by atoms with E-state index in [9.17, 15) is 28.1 Å². The summed E-state index contributed by atoms with van der Waals surface area (Å²) in [7, 11) is 0. The van der Waals surface area contributed by atoms with Crippen molar-refractivity contribution in [3.05, 3.63) is 58.1 Å². The topological polar surface area (TPSA) is 93.5 Å². The van der Waals surface area contributed by atoms with Crippen LogP contribution in [0.1, 0.15) is 5.56 Å². The predicted octanol–water partition coefficient (Wildman–Crippen LogP) is 3.89. The van der Waals surface area contributed by atoms with Crippen molar-refractivity contribution in [2.75, 3.05) is 23.8 Å². The van der Waals surface area contributed by atoms with Crippen molar-refractivity contribution in [2.24, 2.45) is 0 Å². The molecule has 2 rings (SSSR count). The average Bonchev–Trinajstić information content (AvgIpc) is 2.60. The van der Waals surface area contributed by atoms with Gasteiger partial charge >= 0.3 is 6.18 Å². The van der Waals surface area contributed by atoms with Crippen LogP contribution in [0.25, 0.3) is 0 Å². The van der Waals surface area contributed by atoms with Gasteiger partial charge in [-0.25, -0.2) is 0 Å². The van der Waals surface area contributed by atoms with Crippen molar-refractivity contribution in [3.63, 3.8) is 0 Å². The minimum Gasteiger partial charge on any atom is -0.482 e. The number of hydrogen-bond donors (Lipinski definition) is 2. The number of hydrogen-bond acceptors (Lipinski definition) is 5. The first-order valence-corrected chi connectivity index (χ1v) is 7.73. The van der Waals surface area contributed by atoms with Crippen molar-refractivity contribution in [3.8, 4) is 5.75 Å². The molecule has 2 aromatic rings. The maximum atomic E-state index is 12.3. The van der Waals surface area contributed by atoms with E-state index >= 15 is 0 Å². The summed E-state index contributed by atoms with van der Waals surface area (Å²) in [6.07, 6.45) is -4.48. The molecule has 0 heterocycles. The summed E-state index contributed by atoms with van der Waals surface area (Å²) in [6, 6.07) is 9.94. The van der Waals surface area contributed by atoms with Crippen molar-refractivity contribution < 1.29 is 27.6 Å². The van der Waals surface area contributed by atoms with Gasteiger partial charge < -0.3 is 15.4 Å². The van der Waals surface area contributed by atoms with Gasteiger partial charge in [0.25, 0.3) is 5.69 Å². The lowest BCUT2D eigenvalue weighted by molar-refractivity contribution is -0.384. The molecule has 0 spiro atoms. The zero-order valence-corrected chi connectivity index (χ0v) is 14.2. The van der Waals surface area contributed by atoms with E-state index in [0.29, 0.717) is 5.56 Å². The molecule has 0 unspecified atom stereocenters. The SMILES string of the molecule is Cc1ccc([N+](=O)[O-])cc1NC(=O)CNc1ccccc1OCC(F)(F)F. The molecule has 10 heteroatoms. The number of nitro groups is 1. The summed E-state index contributed by atoms with van der Waals surface area (Å²) in [5.74, 6) is -0.571. The van der Waals surface area contributed by atoms with Crippen LogP contribution in [-0.4, -0.2) is 30.2 Å². The largest absolute Gasteiger partial charge is 0.482 e. The van der Waals surface area contributed by atoms with Gasteiger partial charge in [-0.3, -0.25) is 14.9 Å². The molecule has 0 saturated carbocycles. The molecule has 2 N–H and O–H groups in total. The van der Waals surface area contributed by atoms with Crippen LogP contribution in [0.15, 0.2) is 42.5 Å². The monoisotopic (exact) mass is 383 g/mol. The molecule has 0 aliphatic carbocycles. The van der Waals surface area contributed by atoms with Gasteiger partial charge in [-0.05, 0) is 24.6 Å². The zero-order chi connectivity index (χ0) is 20.0. The highest BCUT2D eigenvalue weighted by atomic mass is 19.4. The van der Waals surface area contributed by atoms with Gasteiger partial charge in [0.15, 0.2) is 6.61 Å². The number of amides is 1. The van der Waals surface area contributed by atoms with Crippen LogP contribution in [0.5, 0.6) is 5.75 Å². The number of non-ortho nitro benzene ring substituents is 1. The molecular formula is C17H16F3N3O4. The Morgan fingerprint density at radius 2 is 1.89 bits per heavy atom. The number of halogens is 3. The van der Waals surface area contributed by atoms with E-state index in [2.05, 4.69) is 10.6 Å². The molecular weight excluding hydrogens is 367 g/mol. The van der Waals surface area contributed by atoms with Gasteiger partial charge in [0, 0.05) is 12.1 Å². The van der Waals surface area contributed by atoms with E-state index in [0.717, 1.165) is 0 Å². The number of nitro benzene ring substituents is 1. The number of carbonyl (C=O) groups excluding carboxylic acids is 1. The fourth-order valence-electron chi connectivity index (χ4n) is 2.13. The summed E-state index contributed by atoms with van der Waals surface area (Å²) in [5, 5.41) is 16.0. The second-order valence-corrected chi connectivity index (χ2v) is 5.56. The third-order valence-electron chi connectivity index (χ3n) is 3.42. The number of ether oxygens (including phenoxy) is 1. The van der Waals surface area contributed by atoms with Crippen molar-refractivity contribution >= 4 is 23.0 Å². The van der Waals surface area contributed by atoms with E-state index in [4.69, 9.17) is 4.74 Å².